The van der Waals surface area contributed by atoms with Gasteiger partial charge in [0.05, 0.1) is 85.5 Å². The van der Waals surface area contributed by atoms with E-state index in [9.17, 15) is 31.9 Å². The number of rotatable bonds is 23. The number of benzene rings is 3. The van der Waals surface area contributed by atoms with Gasteiger partial charge < -0.3 is 38.8 Å². The number of carboxylic acid groups (broad SMARTS) is 1. The van der Waals surface area contributed by atoms with Crippen LogP contribution in [0.15, 0.2) is 54.6 Å². The number of hydrogen-bond donors (Lipinski definition) is 2. The molecule has 50 heavy (non-hydrogen) atoms. The standard InChI is InChI=1S/C34H41F2NO12S/c1-43-29-20-24(22-48-16-15-46-12-11-45-13-14-47-17-18-49-50(3,41)42)21-30(44-2)31(29)25-9-7-23(8-10-25)19-28(34(39)40)37-33(38)32-26(35)5-4-6-27(32)36/h4-10,20-21,28H,11-19,22H2,1-3H3,(H,37,38)(H,39,40)/t28-/m0/s1. The molecular formula is C34H41F2NO12S. The van der Waals surface area contributed by atoms with Crippen molar-refractivity contribution < 1.29 is 64.5 Å². The lowest BCUT2D eigenvalue weighted by molar-refractivity contribution is -0.139. The van der Waals surface area contributed by atoms with Gasteiger partial charge in [0.2, 0.25) is 0 Å². The zero-order valence-corrected chi connectivity index (χ0v) is 28.8. The van der Waals surface area contributed by atoms with Crippen LogP contribution < -0.4 is 14.8 Å². The van der Waals surface area contributed by atoms with Crippen LogP contribution in [0.5, 0.6) is 11.5 Å². The Balaban J connectivity index is 1.47. The average molecular weight is 726 g/mol. The molecule has 3 aromatic rings. The van der Waals surface area contributed by atoms with Crippen molar-refractivity contribution in [2.24, 2.45) is 0 Å². The summed E-state index contributed by atoms with van der Waals surface area (Å²) in [5.74, 6) is -3.70. The fourth-order valence-corrected chi connectivity index (χ4v) is 4.99. The molecule has 0 bridgehead atoms. The molecule has 0 spiro atoms. The van der Waals surface area contributed by atoms with Crippen molar-refractivity contribution in [2.45, 2.75) is 19.1 Å². The SMILES string of the molecule is COc1cc(COCCOCCOCCOCCOS(C)(=O)=O)cc(OC)c1-c1ccc(C[C@H](NC(=O)c2c(F)cccc2F)C(=O)O)cc1. The monoisotopic (exact) mass is 725 g/mol. The maximum atomic E-state index is 14.0. The minimum absolute atomic E-state index is 0.0458. The van der Waals surface area contributed by atoms with Crippen LogP contribution >= 0.6 is 0 Å². The van der Waals surface area contributed by atoms with E-state index in [0.29, 0.717) is 67.8 Å². The second-order valence-corrected chi connectivity index (χ2v) is 12.3. The Morgan fingerprint density at radius 3 is 1.74 bits per heavy atom. The fraction of sp³-hybridized carbons (Fsp3) is 0.412. The third kappa shape index (κ3) is 13.3. The normalized spacial score (nSPS) is 12.0. The van der Waals surface area contributed by atoms with Crippen molar-refractivity contribution in [3.63, 3.8) is 0 Å². The Bertz CT molecular complexity index is 1610. The van der Waals surface area contributed by atoms with Crippen molar-refractivity contribution in [3.8, 4) is 22.6 Å². The number of methoxy groups -OCH3 is 2. The molecule has 13 nitrogen and oxygen atoms in total. The Labute approximate surface area is 289 Å². The van der Waals surface area contributed by atoms with E-state index in [4.69, 9.17) is 28.4 Å². The van der Waals surface area contributed by atoms with E-state index in [0.717, 1.165) is 30.0 Å². The molecule has 1 atom stereocenters. The van der Waals surface area contributed by atoms with Crippen molar-refractivity contribution in [3.05, 3.63) is 82.9 Å². The Kier molecular flexibility index (Phi) is 16.5. The van der Waals surface area contributed by atoms with Crippen LogP contribution in [0.1, 0.15) is 21.5 Å². The van der Waals surface area contributed by atoms with Gasteiger partial charge in [0.15, 0.2) is 0 Å². The van der Waals surface area contributed by atoms with Crippen LogP contribution in [0.3, 0.4) is 0 Å². The van der Waals surface area contributed by atoms with Gasteiger partial charge in [-0.2, -0.15) is 8.42 Å². The Morgan fingerprint density at radius 1 is 0.760 bits per heavy atom. The second kappa shape index (κ2) is 20.5. The topological polar surface area (TPSA) is 165 Å². The molecule has 16 heteroatoms. The summed E-state index contributed by atoms with van der Waals surface area (Å²) in [5, 5.41) is 11.9. The molecule has 0 aliphatic heterocycles. The number of aliphatic carboxylic acids is 1. The number of carbonyl (C=O) groups is 2. The maximum absolute atomic E-state index is 14.0. The van der Waals surface area contributed by atoms with Crippen LogP contribution in [-0.2, 0) is 51.1 Å². The highest BCUT2D eigenvalue weighted by atomic mass is 32.2. The quantitative estimate of drug-likeness (QED) is 0.108. The predicted octanol–water partition coefficient (Wildman–Crippen LogP) is 3.62. The van der Waals surface area contributed by atoms with Crippen molar-refractivity contribution >= 4 is 22.0 Å². The molecule has 3 aromatic carbocycles. The number of nitrogens with one attached hydrogen (secondary N) is 1. The van der Waals surface area contributed by atoms with Gasteiger partial charge in [0.1, 0.15) is 34.7 Å². The first kappa shape index (κ1) is 40.2. The summed E-state index contributed by atoms with van der Waals surface area (Å²) in [6, 6.07) is 12.0. The molecular weight excluding hydrogens is 684 g/mol. The molecule has 0 saturated heterocycles. The minimum Gasteiger partial charge on any atom is -0.496 e. The Hall–Kier alpha value is -4.19. The first-order valence-corrected chi connectivity index (χ1v) is 17.2. The Morgan fingerprint density at radius 2 is 1.26 bits per heavy atom. The largest absolute Gasteiger partial charge is 0.496 e. The lowest BCUT2D eigenvalue weighted by Gasteiger charge is -2.17. The van der Waals surface area contributed by atoms with Crippen LogP contribution in [-0.4, -0.2) is 105 Å². The fourth-order valence-electron chi connectivity index (χ4n) is 4.62. The zero-order valence-electron chi connectivity index (χ0n) is 27.9. The van der Waals surface area contributed by atoms with E-state index in [-0.39, 0.29) is 26.2 Å². The molecule has 0 fully saturated rings. The molecule has 274 valence electrons. The van der Waals surface area contributed by atoms with E-state index < -0.39 is 45.2 Å². The van der Waals surface area contributed by atoms with Gasteiger partial charge >= 0.3 is 5.97 Å². The van der Waals surface area contributed by atoms with E-state index in [2.05, 4.69) is 9.50 Å². The first-order chi connectivity index (χ1) is 23.9. The van der Waals surface area contributed by atoms with E-state index in [1.54, 1.807) is 24.3 Å². The van der Waals surface area contributed by atoms with Gasteiger partial charge in [-0.05, 0) is 41.0 Å². The van der Waals surface area contributed by atoms with Gasteiger partial charge in [-0.25, -0.2) is 13.6 Å². The van der Waals surface area contributed by atoms with Gasteiger partial charge in [-0.3, -0.25) is 8.98 Å². The summed E-state index contributed by atoms with van der Waals surface area (Å²) < 4.78 is 87.5. The molecule has 2 N–H and O–H groups in total. The lowest BCUT2D eigenvalue weighted by Crippen LogP contribution is -2.42. The van der Waals surface area contributed by atoms with Crippen LogP contribution in [0.4, 0.5) is 8.78 Å². The zero-order chi connectivity index (χ0) is 36.5. The van der Waals surface area contributed by atoms with Crippen LogP contribution in [0.25, 0.3) is 11.1 Å². The number of carbonyl (C=O) groups excluding carboxylic acids is 1. The molecule has 0 saturated carbocycles. The number of hydrogen-bond acceptors (Lipinski definition) is 11. The summed E-state index contributed by atoms with van der Waals surface area (Å²) in [6.45, 7) is 2.35. The molecule has 3 rings (SSSR count). The molecule has 1 amide bonds. The minimum atomic E-state index is -3.47. The van der Waals surface area contributed by atoms with Gasteiger partial charge in [0, 0.05) is 6.42 Å². The first-order valence-electron chi connectivity index (χ1n) is 15.4. The van der Waals surface area contributed by atoms with E-state index >= 15 is 0 Å². The lowest BCUT2D eigenvalue weighted by atomic mass is 9.98. The summed E-state index contributed by atoms with van der Waals surface area (Å²) >= 11 is 0. The molecule has 0 aliphatic carbocycles. The summed E-state index contributed by atoms with van der Waals surface area (Å²) in [7, 11) is -0.435. The number of halogens is 2. The highest BCUT2D eigenvalue weighted by Gasteiger charge is 2.25. The van der Waals surface area contributed by atoms with Crippen molar-refractivity contribution in [2.75, 3.05) is 73.3 Å². The average Bonchev–Trinajstić information content (AvgIpc) is 3.07. The van der Waals surface area contributed by atoms with Gasteiger partial charge in [0.25, 0.3) is 16.0 Å². The van der Waals surface area contributed by atoms with Crippen molar-refractivity contribution in [1.82, 2.24) is 5.32 Å². The molecule has 0 aromatic heterocycles. The van der Waals surface area contributed by atoms with Crippen LogP contribution in [0, 0.1) is 11.6 Å². The van der Waals surface area contributed by atoms with E-state index in [1.165, 1.54) is 14.2 Å². The molecule has 0 unspecified atom stereocenters. The van der Waals surface area contributed by atoms with Crippen molar-refractivity contribution in [1.29, 1.82) is 0 Å². The molecule has 0 aliphatic rings. The maximum Gasteiger partial charge on any atom is 0.326 e. The molecule has 0 radical (unpaired) electrons. The predicted molar refractivity (Wildman–Crippen MR) is 177 cm³/mol. The summed E-state index contributed by atoms with van der Waals surface area (Å²) in [6.07, 6.45) is 0.834. The highest BCUT2D eigenvalue weighted by molar-refractivity contribution is 7.85. The third-order valence-corrected chi connectivity index (χ3v) is 7.55. The number of ether oxygens (including phenoxy) is 6. The number of carboxylic acids is 1. The number of amides is 1. The van der Waals surface area contributed by atoms with Gasteiger partial charge in [-0.1, -0.05) is 30.3 Å². The van der Waals surface area contributed by atoms with E-state index in [1.807, 2.05) is 12.1 Å². The summed E-state index contributed by atoms with van der Waals surface area (Å²) in [5.41, 5.74) is 1.85. The highest BCUT2D eigenvalue weighted by Crippen LogP contribution is 2.40. The van der Waals surface area contributed by atoms with Gasteiger partial charge in [-0.15, -0.1) is 0 Å². The second-order valence-electron chi connectivity index (χ2n) is 10.7. The molecule has 0 heterocycles. The third-order valence-electron chi connectivity index (χ3n) is 6.95. The van der Waals surface area contributed by atoms with Crippen LogP contribution in [0.2, 0.25) is 0 Å². The smallest absolute Gasteiger partial charge is 0.326 e. The summed E-state index contributed by atoms with van der Waals surface area (Å²) in [4.78, 5) is 24.4.